The zero-order valence-electron chi connectivity index (χ0n) is 12.2. The lowest BCUT2D eigenvalue weighted by Gasteiger charge is -2.11. The molecule has 0 aliphatic rings. The topological polar surface area (TPSA) is 82.6 Å². The van der Waals surface area contributed by atoms with Gasteiger partial charge in [-0.05, 0) is 24.6 Å². The molecule has 1 aromatic rings. The molecule has 1 aromatic carbocycles. The largest absolute Gasteiger partial charge is 0.357 e. The number of halogens is 1. The zero-order valence-corrected chi connectivity index (χ0v) is 13.0. The van der Waals surface area contributed by atoms with Crippen LogP contribution in [0.2, 0.25) is 0 Å². The molecular formula is C13H21FN4O2S. The molecule has 0 spiro atoms. The number of hydrogen-bond acceptors (Lipinski definition) is 3. The van der Waals surface area contributed by atoms with Crippen molar-refractivity contribution in [1.29, 1.82) is 0 Å². The van der Waals surface area contributed by atoms with E-state index in [0.29, 0.717) is 25.6 Å². The second-order valence-corrected chi connectivity index (χ2v) is 6.25. The third-order valence-corrected chi connectivity index (χ3v) is 3.16. The van der Waals surface area contributed by atoms with Gasteiger partial charge in [-0.3, -0.25) is 0 Å². The van der Waals surface area contributed by atoms with Crippen molar-refractivity contribution in [3.63, 3.8) is 0 Å². The summed E-state index contributed by atoms with van der Waals surface area (Å²) in [6, 6.07) is 6.24. The van der Waals surface area contributed by atoms with E-state index in [1.807, 2.05) is 6.92 Å². The predicted molar refractivity (Wildman–Crippen MR) is 82.1 cm³/mol. The number of sulfonamides is 1. The van der Waals surface area contributed by atoms with Crippen LogP contribution in [0, 0.1) is 5.82 Å². The van der Waals surface area contributed by atoms with Crippen LogP contribution in [0.4, 0.5) is 4.39 Å². The van der Waals surface area contributed by atoms with E-state index in [9.17, 15) is 12.8 Å². The standard InChI is InChI=1S/C13H21FN4O2S/c1-3-15-13(16-7-8-18-21(2,19)20)17-10-11-5-4-6-12(14)9-11/h4-6,9,18H,3,7-8,10H2,1-2H3,(H2,15,16,17). The van der Waals surface area contributed by atoms with E-state index < -0.39 is 10.0 Å². The third kappa shape index (κ3) is 8.26. The first-order valence-electron chi connectivity index (χ1n) is 6.62. The van der Waals surface area contributed by atoms with Crippen molar-refractivity contribution in [2.75, 3.05) is 25.9 Å². The van der Waals surface area contributed by atoms with Gasteiger partial charge in [0.05, 0.1) is 12.8 Å². The first-order chi connectivity index (χ1) is 9.90. The van der Waals surface area contributed by atoms with E-state index in [-0.39, 0.29) is 12.4 Å². The van der Waals surface area contributed by atoms with Crippen LogP contribution < -0.4 is 15.4 Å². The molecule has 0 atom stereocenters. The fourth-order valence-corrected chi connectivity index (χ4v) is 2.04. The number of benzene rings is 1. The Labute approximate surface area is 124 Å². The van der Waals surface area contributed by atoms with Crippen molar-refractivity contribution in [3.05, 3.63) is 35.6 Å². The summed E-state index contributed by atoms with van der Waals surface area (Å²) >= 11 is 0. The van der Waals surface area contributed by atoms with E-state index in [1.54, 1.807) is 12.1 Å². The fourth-order valence-electron chi connectivity index (χ4n) is 1.56. The van der Waals surface area contributed by atoms with Crippen LogP contribution >= 0.6 is 0 Å². The molecule has 8 heteroatoms. The second-order valence-electron chi connectivity index (χ2n) is 4.42. The number of aliphatic imine (C=N–C) groups is 1. The molecule has 0 aliphatic heterocycles. The van der Waals surface area contributed by atoms with Crippen LogP contribution in [0.5, 0.6) is 0 Å². The lowest BCUT2D eigenvalue weighted by atomic mass is 10.2. The van der Waals surface area contributed by atoms with Crippen LogP contribution in [-0.2, 0) is 16.6 Å². The van der Waals surface area contributed by atoms with Crippen molar-refractivity contribution < 1.29 is 12.8 Å². The van der Waals surface area contributed by atoms with Gasteiger partial charge in [0, 0.05) is 19.6 Å². The van der Waals surface area contributed by atoms with Crippen LogP contribution in [-0.4, -0.2) is 40.3 Å². The molecule has 0 aliphatic carbocycles. The van der Waals surface area contributed by atoms with Crippen molar-refractivity contribution in [3.8, 4) is 0 Å². The quantitative estimate of drug-likeness (QED) is 0.387. The van der Waals surface area contributed by atoms with Gasteiger partial charge < -0.3 is 10.6 Å². The SMILES string of the molecule is CCNC(=NCc1cccc(F)c1)NCCNS(C)(=O)=O. The highest BCUT2D eigenvalue weighted by Crippen LogP contribution is 2.04. The Kier molecular flexibility index (Phi) is 7.10. The molecule has 6 nitrogen and oxygen atoms in total. The Morgan fingerprint density at radius 3 is 2.67 bits per heavy atom. The molecule has 0 unspecified atom stereocenters. The zero-order chi connectivity index (χ0) is 15.7. The molecule has 0 bridgehead atoms. The smallest absolute Gasteiger partial charge is 0.208 e. The van der Waals surface area contributed by atoms with Gasteiger partial charge in [0.15, 0.2) is 5.96 Å². The lowest BCUT2D eigenvalue weighted by molar-refractivity contribution is 0.586. The summed E-state index contributed by atoms with van der Waals surface area (Å²) in [4.78, 5) is 4.31. The summed E-state index contributed by atoms with van der Waals surface area (Å²) in [5.41, 5.74) is 0.765. The Morgan fingerprint density at radius 2 is 2.05 bits per heavy atom. The monoisotopic (exact) mass is 316 g/mol. The molecule has 0 heterocycles. The number of nitrogens with zero attached hydrogens (tertiary/aromatic N) is 1. The minimum Gasteiger partial charge on any atom is -0.357 e. The van der Waals surface area contributed by atoms with Gasteiger partial charge in [-0.25, -0.2) is 22.5 Å². The maximum absolute atomic E-state index is 13.1. The summed E-state index contributed by atoms with van der Waals surface area (Å²) in [5, 5.41) is 6.03. The van der Waals surface area contributed by atoms with Gasteiger partial charge in [0.25, 0.3) is 0 Å². The molecule has 0 radical (unpaired) electrons. The van der Waals surface area contributed by atoms with Gasteiger partial charge >= 0.3 is 0 Å². The Morgan fingerprint density at radius 1 is 1.29 bits per heavy atom. The van der Waals surface area contributed by atoms with Gasteiger partial charge in [0.2, 0.25) is 10.0 Å². The minimum absolute atomic E-state index is 0.267. The van der Waals surface area contributed by atoms with E-state index in [4.69, 9.17) is 0 Å². The Bertz CT molecular complexity index is 575. The van der Waals surface area contributed by atoms with E-state index >= 15 is 0 Å². The van der Waals surface area contributed by atoms with E-state index in [0.717, 1.165) is 11.8 Å². The summed E-state index contributed by atoms with van der Waals surface area (Å²) < 4.78 is 37.3. The highest BCUT2D eigenvalue weighted by Gasteiger charge is 2.01. The maximum Gasteiger partial charge on any atom is 0.208 e. The molecule has 0 amide bonds. The second kappa shape index (κ2) is 8.58. The van der Waals surface area contributed by atoms with Gasteiger partial charge in [-0.1, -0.05) is 12.1 Å². The highest BCUT2D eigenvalue weighted by atomic mass is 32.2. The van der Waals surface area contributed by atoms with Crippen molar-refractivity contribution >= 4 is 16.0 Å². The Balaban J connectivity index is 2.50. The molecule has 0 fully saturated rings. The van der Waals surface area contributed by atoms with Crippen LogP contribution in [0.3, 0.4) is 0 Å². The van der Waals surface area contributed by atoms with Gasteiger partial charge in [-0.2, -0.15) is 0 Å². The first-order valence-corrected chi connectivity index (χ1v) is 8.51. The molecule has 118 valence electrons. The summed E-state index contributed by atoms with van der Waals surface area (Å²) in [7, 11) is -3.19. The maximum atomic E-state index is 13.1. The van der Waals surface area contributed by atoms with Gasteiger partial charge in [-0.15, -0.1) is 0 Å². The Hall–Kier alpha value is -1.67. The molecule has 0 aromatic heterocycles. The van der Waals surface area contributed by atoms with Crippen LogP contribution in [0.25, 0.3) is 0 Å². The van der Waals surface area contributed by atoms with Crippen LogP contribution in [0.1, 0.15) is 12.5 Å². The normalized spacial score (nSPS) is 12.2. The summed E-state index contributed by atoms with van der Waals surface area (Å²) in [5.74, 6) is 0.259. The average Bonchev–Trinajstić information content (AvgIpc) is 2.39. The fraction of sp³-hybridized carbons (Fsp3) is 0.462. The molecule has 3 N–H and O–H groups in total. The number of rotatable bonds is 7. The lowest BCUT2D eigenvalue weighted by Crippen LogP contribution is -2.41. The molecular weight excluding hydrogens is 295 g/mol. The minimum atomic E-state index is -3.19. The van der Waals surface area contributed by atoms with Crippen molar-refractivity contribution in [1.82, 2.24) is 15.4 Å². The highest BCUT2D eigenvalue weighted by molar-refractivity contribution is 7.88. The number of nitrogens with one attached hydrogen (secondary N) is 3. The summed E-state index contributed by atoms with van der Waals surface area (Å²) in [6.07, 6.45) is 1.11. The van der Waals surface area contributed by atoms with E-state index in [1.165, 1.54) is 12.1 Å². The molecule has 0 saturated heterocycles. The van der Waals surface area contributed by atoms with Crippen LogP contribution in [0.15, 0.2) is 29.3 Å². The predicted octanol–water partition coefficient (Wildman–Crippen LogP) is 0.430. The molecule has 0 saturated carbocycles. The molecule has 1 rings (SSSR count). The van der Waals surface area contributed by atoms with E-state index in [2.05, 4.69) is 20.3 Å². The number of hydrogen-bond donors (Lipinski definition) is 3. The van der Waals surface area contributed by atoms with Gasteiger partial charge in [0.1, 0.15) is 5.82 Å². The first kappa shape index (κ1) is 17.4. The van der Waals surface area contributed by atoms with Crippen molar-refractivity contribution in [2.24, 2.45) is 4.99 Å². The third-order valence-electron chi connectivity index (χ3n) is 2.43. The summed E-state index contributed by atoms with van der Waals surface area (Å²) in [6.45, 7) is 3.61. The van der Waals surface area contributed by atoms with Crippen molar-refractivity contribution in [2.45, 2.75) is 13.5 Å². The average molecular weight is 316 g/mol. The molecule has 21 heavy (non-hydrogen) atoms. The number of guanidine groups is 1.